The third-order valence-electron chi connectivity index (χ3n) is 4.77. The number of rotatable bonds is 3. The summed E-state index contributed by atoms with van der Waals surface area (Å²) in [5.41, 5.74) is 4.03. The SMILES string of the molecule is Clc1ccc([C@H]2c3cccn3CCCN2Cc2ccccc2)cc1. The number of hydrogen-bond donors (Lipinski definition) is 0. The second kappa shape index (κ2) is 6.84. The zero-order valence-electron chi connectivity index (χ0n) is 13.6. The number of fused-ring (bicyclic) bond motifs is 1. The molecule has 1 aliphatic rings. The normalized spacial score (nSPS) is 18.1. The Balaban J connectivity index is 1.74. The van der Waals surface area contributed by atoms with Gasteiger partial charge in [-0.05, 0) is 41.8 Å². The van der Waals surface area contributed by atoms with Gasteiger partial charge in [-0.2, -0.15) is 0 Å². The van der Waals surface area contributed by atoms with E-state index in [1.54, 1.807) is 0 Å². The van der Waals surface area contributed by atoms with Crippen molar-refractivity contribution in [3.8, 4) is 0 Å². The van der Waals surface area contributed by atoms with Crippen molar-refractivity contribution < 1.29 is 0 Å². The monoisotopic (exact) mass is 336 g/mol. The van der Waals surface area contributed by atoms with E-state index in [4.69, 9.17) is 11.6 Å². The standard InChI is InChI=1S/C21H21ClN2/c22-19-11-9-18(10-12-19)21-20-8-4-13-23(20)14-5-15-24(21)16-17-6-2-1-3-7-17/h1-4,6-13,21H,5,14-16H2/t21-/m0/s1. The first-order valence-electron chi connectivity index (χ1n) is 8.50. The minimum atomic E-state index is 0.264. The van der Waals surface area contributed by atoms with Crippen LogP contribution in [0.2, 0.25) is 5.02 Å². The highest BCUT2D eigenvalue weighted by Crippen LogP contribution is 2.33. The third-order valence-corrected chi connectivity index (χ3v) is 5.02. The summed E-state index contributed by atoms with van der Waals surface area (Å²) in [4.78, 5) is 2.58. The van der Waals surface area contributed by atoms with E-state index >= 15 is 0 Å². The van der Waals surface area contributed by atoms with E-state index in [0.29, 0.717) is 0 Å². The predicted octanol–water partition coefficient (Wildman–Crippen LogP) is 5.14. The van der Waals surface area contributed by atoms with Crippen molar-refractivity contribution in [2.24, 2.45) is 0 Å². The smallest absolute Gasteiger partial charge is 0.0759 e. The van der Waals surface area contributed by atoms with Gasteiger partial charge in [-0.3, -0.25) is 4.90 Å². The molecule has 0 N–H and O–H groups in total. The van der Waals surface area contributed by atoms with Crippen molar-refractivity contribution in [3.05, 3.63) is 94.8 Å². The molecule has 2 nitrogen and oxygen atoms in total. The summed E-state index contributed by atoms with van der Waals surface area (Å²) < 4.78 is 2.39. The molecule has 0 aliphatic carbocycles. The molecule has 0 fully saturated rings. The molecule has 122 valence electrons. The molecular formula is C21H21ClN2. The molecule has 2 heterocycles. The fraction of sp³-hybridized carbons (Fsp3) is 0.238. The summed E-state index contributed by atoms with van der Waals surface area (Å²) >= 11 is 6.11. The van der Waals surface area contributed by atoms with E-state index < -0.39 is 0 Å². The topological polar surface area (TPSA) is 8.17 Å². The molecule has 3 heteroatoms. The molecule has 2 aromatic carbocycles. The molecule has 0 radical (unpaired) electrons. The van der Waals surface area contributed by atoms with Crippen molar-refractivity contribution in [2.75, 3.05) is 6.54 Å². The fourth-order valence-corrected chi connectivity index (χ4v) is 3.78. The minimum absolute atomic E-state index is 0.264. The lowest BCUT2D eigenvalue weighted by Gasteiger charge is -2.30. The van der Waals surface area contributed by atoms with Crippen LogP contribution in [0.1, 0.15) is 29.3 Å². The van der Waals surface area contributed by atoms with Crippen molar-refractivity contribution in [3.63, 3.8) is 0 Å². The van der Waals surface area contributed by atoms with Crippen LogP contribution >= 0.6 is 11.6 Å². The Labute approximate surface area is 148 Å². The average molecular weight is 337 g/mol. The maximum Gasteiger partial charge on any atom is 0.0759 e. The first-order chi connectivity index (χ1) is 11.8. The highest BCUT2D eigenvalue weighted by atomic mass is 35.5. The zero-order chi connectivity index (χ0) is 16.4. The fourth-order valence-electron chi connectivity index (χ4n) is 3.65. The lowest BCUT2D eigenvalue weighted by molar-refractivity contribution is 0.220. The molecule has 0 bridgehead atoms. The number of nitrogens with zero attached hydrogens (tertiary/aromatic N) is 2. The first-order valence-corrected chi connectivity index (χ1v) is 8.87. The summed E-state index contributed by atoms with van der Waals surface area (Å²) in [7, 11) is 0. The lowest BCUT2D eigenvalue weighted by Crippen LogP contribution is -2.29. The van der Waals surface area contributed by atoms with Gasteiger partial charge in [0, 0.05) is 36.5 Å². The second-order valence-electron chi connectivity index (χ2n) is 6.39. The highest BCUT2D eigenvalue weighted by Gasteiger charge is 2.27. The van der Waals surface area contributed by atoms with Crippen LogP contribution in [0, 0.1) is 0 Å². The van der Waals surface area contributed by atoms with Crippen LogP contribution in [0.5, 0.6) is 0 Å². The molecule has 0 saturated carbocycles. The Kier molecular flexibility index (Phi) is 4.42. The molecular weight excluding hydrogens is 316 g/mol. The van der Waals surface area contributed by atoms with Gasteiger partial charge < -0.3 is 4.57 Å². The Morgan fingerprint density at radius 2 is 1.67 bits per heavy atom. The first kappa shape index (κ1) is 15.5. The molecule has 24 heavy (non-hydrogen) atoms. The molecule has 1 atom stereocenters. The number of benzene rings is 2. The number of aromatic nitrogens is 1. The van der Waals surface area contributed by atoms with Crippen molar-refractivity contribution in [1.82, 2.24) is 9.47 Å². The Bertz CT molecular complexity index is 792. The third kappa shape index (κ3) is 3.12. The largest absolute Gasteiger partial charge is 0.350 e. The summed E-state index contributed by atoms with van der Waals surface area (Å²) in [6, 6.07) is 23.7. The van der Waals surface area contributed by atoms with E-state index in [-0.39, 0.29) is 6.04 Å². The number of halogens is 1. The molecule has 3 aromatic rings. The molecule has 0 saturated heterocycles. The van der Waals surface area contributed by atoms with Gasteiger partial charge in [0.25, 0.3) is 0 Å². The van der Waals surface area contributed by atoms with E-state index in [1.807, 2.05) is 12.1 Å². The lowest BCUT2D eigenvalue weighted by atomic mass is 10.0. The van der Waals surface area contributed by atoms with Crippen LogP contribution in [-0.4, -0.2) is 16.0 Å². The highest BCUT2D eigenvalue weighted by molar-refractivity contribution is 6.30. The van der Waals surface area contributed by atoms with Crippen LogP contribution in [0.3, 0.4) is 0 Å². The summed E-state index contributed by atoms with van der Waals surface area (Å²) in [6.07, 6.45) is 3.36. The van der Waals surface area contributed by atoms with E-state index in [2.05, 4.69) is 70.3 Å². The van der Waals surface area contributed by atoms with E-state index in [9.17, 15) is 0 Å². The van der Waals surface area contributed by atoms with Gasteiger partial charge in [-0.25, -0.2) is 0 Å². The molecule has 1 aromatic heterocycles. The minimum Gasteiger partial charge on any atom is -0.350 e. The Hall–Kier alpha value is -2.03. The Morgan fingerprint density at radius 1 is 0.875 bits per heavy atom. The van der Waals surface area contributed by atoms with Gasteiger partial charge >= 0.3 is 0 Å². The second-order valence-corrected chi connectivity index (χ2v) is 6.83. The summed E-state index contributed by atoms with van der Waals surface area (Å²) in [6.45, 7) is 3.13. The van der Waals surface area contributed by atoms with Gasteiger partial charge in [0.05, 0.1) is 6.04 Å². The van der Waals surface area contributed by atoms with Gasteiger partial charge in [0.1, 0.15) is 0 Å². The average Bonchev–Trinajstić information content (AvgIpc) is 2.99. The van der Waals surface area contributed by atoms with Crippen molar-refractivity contribution >= 4 is 11.6 Å². The van der Waals surface area contributed by atoms with Gasteiger partial charge in [-0.1, -0.05) is 54.1 Å². The zero-order valence-corrected chi connectivity index (χ0v) is 14.4. The van der Waals surface area contributed by atoms with Crippen LogP contribution < -0.4 is 0 Å². The molecule has 0 unspecified atom stereocenters. The maximum absolute atomic E-state index is 6.11. The van der Waals surface area contributed by atoms with Crippen LogP contribution in [0.15, 0.2) is 72.9 Å². The van der Waals surface area contributed by atoms with Gasteiger partial charge in [0.2, 0.25) is 0 Å². The van der Waals surface area contributed by atoms with Crippen molar-refractivity contribution in [1.29, 1.82) is 0 Å². The maximum atomic E-state index is 6.11. The van der Waals surface area contributed by atoms with Crippen molar-refractivity contribution in [2.45, 2.75) is 25.6 Å². The van der Waals surface area contributed by atoms with E-state index in [0.717, 1.165) is 24.7 Å². The van der Waals surface area contributed by atoms with Gasteiger partial charge in [-0.15, -0.1) is 0 Å². The Morgan fingerprint density at radius 3 is 2.46 bits per heavy atom. The summed E-state index contributed by atoms with van der Waals surface area (Å²) in [5.74, 6) is 0. The molecule has 0 spiro atoms. The molecule has 0 amide bonds. The van der Waals surface area contributed by atoms with Gasteiger partial charge in [0.15, 0.2) is 0 Å². The van der Waals surface area contributed by atoms with Crippen LogP contribution in [0.4, 0.5) is 0 Å². The number of hydrogen-bond acceptors (Lipinski definition) is 1. The van der Waals surface area contributed by atoms with Crippen LogP contribution in [-0.2, 0) is 13.1 Å². The molecule has 4 rings (SSSR count). The molecule has 1 aliphatic heterocycles. The van der Waals surface area contributed by atoms with E-state index in [1.165, 1.54) is 23.2 Å². The number of aryl methyl sites for hydroxylation is 1. The summed E-state index contributed by atoms with van der Waals surface area (Å²) in [5, 5.41) is 0.789. The quantitative estimate of drug-likeness (QED) is 0.643. The predicted molar refractivity (Wildman–Crippen MR) is 99.2 cm³/mol. The van der Waals surface area contributed by atoms with Crippen LogP contribution in [0.25, 0.3) is 0 Å².